The van der Waals surface area contributed by atoms with Gasteiger partial charge in [0.15, 0.2) is 0 Å². The standard InChI is InChI=1S/C16H24N2O4S/c1-21-13-4-5-15(14(10-13)22-2)23(19,20)18-9-7-16(12-18)6-3-8-17-11-16/h4-5,10,17H,3,6-9,11-12H2,1-2H3. The Kier molecular flexibility index (Phi) is 4.53. The number of methoxy groups -OCH3 is 2. The highest BCUT2D eigenvalue weighted by Crippen LogP contribution is 2.40. The fraction of sp³-hybridized carbons (Fsp3) is 0.625. The number of nitrogens with one attached hydrogen (secondary N) is 1. The van der Waals surface area contributed by atoms with E-state index in [2.05, 4.69) is 5.32 Å². The van der Waals surface area contributed by atoms with Crippen molar-refractivity contribution in [3.63, 3.8) is 0 Å². The predicted molar refractivity (Wildman–Crippen MR) is 87.5 cm³/mol. The Balaban J connectivity index is 1.87. The molecule has 1 N–H and O–H groups in total. The zero-order chi connectivity index (χ0) is 16.5. The molecule has 2 saturated heterocycles. The molecular formula is C16H24N2O4S. The van der Waals surface area contributed by atoms with Crippen molar-refractivity contribution in [2.24, 2.45) is 5.41 Å². The summed E-state index contributed by atoms with van der Waals surface area (Å²) in [7, 11) is -0.535. The van der Waals surface area contributed by atoms with E-state index in [1.54, 1.807) is 29.6 Å². The molecule has 1 spiro atoms. The van der Waals surface area contributed by atoms with Gasteiger partial charge in [-0.05, 0) is 43.4 Å². The van der Waals surface area contributed by atoms with Crippen molar-refractivity contribution in [3.05, 3.63) is 18.2 Å². The first kappa shape index (κ1) is 16.5. The van der Waals surface area contributed by atoms with Crippen LogP contribution in [0.1, 0.15) is 19.3 Å². The van der Waals surface area contributed by atoms with Crippen molar-refractivity contribution in [1.82, 2.24) is 9.62 Å². The molecule has 3 rings (SSSR count). The lowest BCUT2D eigenvalue weighted by atomic mass is 9.80. The molecular weight excluding hydrogens is 316 g/mol. The van der Waals surface area contributed by atoms with E-state index >= 15 is 0 Å². The smallest absolute Gasteiger partial charge is 0.246 e. The first-order chi connectivity index (χ1) is 11.0. The van der Waals surface area contributed by atoms with Gasteiger partial charge in [0, 0.05) is 25.7 Å². The Morgan fingerprint density at radius 1 is 1.22 bits per heavy atom. The van der Waals surface area contributed by atoms with Crippen LogP contribution in [-0.4, -0.2) is 53.1 Å². The van der Waals surface area contributed by atoms with E-state index in [1.807, 2.05) is 0 Å². The summed E-state index contributed by atoms with van der Waals surface area (Å²) in [5.74, 6) is 0.905. The third-order valence-electron chi connectivity index (χ3n) is 4.95. The van der Waals surface area contributed by atoms with E-state index in [-0.39, 0.29) is 10.3 Å². The summed E-state index contributed by atoms with van der Waals surface area (Å²) in [4.78, 5) is 0.210. The summed E-state index contributed by atoms with van der Waals surface area (Å²) in [6, 6.07) is 4.83. The molecule has 2 aliphatic rings. The number of hydrogen-bond acceptors (Lipinski definition) is 5. The molecule has 0 saturated carbocycles. The average Bonchev–Trinajstić information content (AvgIpc) is 2.99. The van der Waals surface area contributed by atoms with Crippen molar-refractivity contribution in [3.8, 4) is 11.5 Å². The Morgan fingerprint density at radius 3 is 2.70 bits per heavy atom. The molecule has 23 heavy (non-hydrogen) atoms. The largest absolute Gasteiger partial charge is 0.497 e. The van der Waals surface area contributed by atoms with E-state index < -0.39 is 10.0 Å². The van der Waals surface area contributed by atoms with E-state index in [4.69, 9.17) is 9.47 Å². The first-order valence-corrected chi connectivity index (χ1v) is 9.38. The van der Waals surface area contributed by atoms with Gasteiger partial charge in [0.2, 0.25) is 10.0 Å². The Morgan fingerprint density at radius 2 is 2.04 bits per heavy atom. The molecule has 1 unspecified atom stereocenters. The average molecular weight is 340 g/mol. The van der Waals surface area contributed by atoms with Gasteiger partial charge < -0.3 is 14.8 Å². The van der Waals surface area contributed by atoms with Gasteiger partial charge in [-0.1, -0.05) is 0 Å². The van der Waals surface area contributed by atoms with Gasteiger partial charge >= 0.3 is 0 Å². The fourth-order valence-corrected chi connectivity index (χ4v) is 5.30. The summed E-state index contributed by atoms with van der Waals surface area (Å²) in [5.41, 5.74) is 0.0883. The third-order valence-corrected chi connectivity index (χ3v) is 6.84. The Bertz CT molecular complexity index is 669. The van der Waals surface area contributed by atoms with Crippen LogP contribution in [0, 0.1) is 5.41 Å². The zero-order valence-corrected chi connectivity index (χ0v) is 14.5. The fourth-order valence-electron chi connectivity index (χ4n) is 3.60. The van der Waals surface area contributed by atoms with Crippen LogP contribution in [0.25, 0.3) is 0 Å². The zero-order valence-electron chi connectivity index (χ0n) is 13.7. The van der Waals surface area contributed by atoms with Crippen LogP contribution in [0.5, 0.6) is 11.5 Å². The molecule has 2 fully saturated rings. The van der Waals surface area contributed by atoms with Gasteiger partial charge in [0.1, 0.15) is 16.4 Å². The van der Waals surface area contributed by atoms with Crippen LogP contribution in [0.4, 0.5) is 0 Å². The number of nitrogens with zero attached hydrogens (tertiary/aromatic N) is 1. The van der Waals surface area contributed by atoms with Crippen molar-refractivity contribution >= 4 is 10.0 Å². The Labute approximate surface area is 137 Å². The van der Waals surface area contributed by atoms with Gasteiger partial charge in [-0.2, -0.15) is 4.31 Å². The number of sulfonamides is 1. The molecule has 7 heteroatoms. The quantitative estimate of drug-likeness (QED) is 0.899. The maximum atomic E-state index is 13.0. The summed E-state index contributed by atoms with van der Waals surface area (Å²) >= 11 is 0. The van der Waals surface area contributed by atoms with E-state index in [1.165, 1.54) is 7.11 Å². The second kappa shape index (κ2) is 6.30. The maximum Gasteiger partial charge on any atom is 0.246 e. The minimum atomic E-state index is -3.56. The number of piperidine rings is 1. The van der Waals surface area contributed by atoms with Gasteiger partial charge in [-0.25, -0.2) is 8.42 Å². The summed E-state index contributed by atoms with van der Waals surface area (Å²) in [5, 5.41) is 3.40. The molecule has 2 heterocycles. The van der Waals surface area contributed by atoms with Crippen LogP contribution in [0.3, 0.4) is 0 Å². The van der Waals surface area contributed by atoms with Crippen molar-refractivity contribution in [2.75, 3.05) is 40.4 Å². The van der Waals surface area contributed by atoms with Gasteiger partial charge in [0.25, 0.3) is 0 Å². The van der Waals surface area contributed by atoms with E-state index in [0.29, 0.717) is 24.6 Å². The molecule has 1 aromatic carbocycles. The van der Waals surface area contributed by atoms with Crippen LogP contribution in [0.2, 0.25) is 0 Å². The molecule has 0 radical (unpaired) electrons. The number of benzene rings is 1. The summed E-state index contributed by atoms with van der Waals surface area (Å²) in [6.07, 6.45) is 3.11. The molecule has 0 aromatic heterocycles. The van der Waals surface area contributed by atoms with Crippen LogP contribution < -0.4 is 14.8 Å². The molecule has 128 valence electrons. The topological polar surface area (TPSA) is 67.9 Å². The van der Waals surface area contributed by atoms with Crippen LogP contribution in [-0.2, 0) is 10.0 Å². The normalized spacial score (nSPS) is 25.7. The molecule has 0 amide bonds. The highest BCUT2D eigenvalue weighted by Gasteiger charge is 2.44. The van der Waals surface area contributed by atoms with Gasteiger partial charge in [-0.3, -0.25) is 0 Å². The van der Waals surface area contributed by atoms with E-state index in [0.717, 1.165) is 32.4 Å². The van der Waals surface area contributed by atoms with E-state index in [9.17, 15) is 8.42 Å². The van der Waals surface area contributed by atoms with Crippen LogP contribution >= 0.6 is 0 Å². The second-order valence-electron chi connectivity index (χ2n) is 6.39. The van der Waals surface area contributed by atoms with Gasteiger partial charge in [-0.15, -0.1) is 0 Å². The molecule has 2 aliphatic heterocycles. The van der Waals surface area contributed by atoms with Crippen molar-refractivity contribution in [2.45, 2.75) is 24.2 Å². The number of rotatable bonds is 4. The lowest BCUT2D eigenvalue weighted by molar-refractivity contribution is 0.224. The minimum absolute atomic E-state index is 0.0883. The third kappa shape index (κ3) is 3.05. The molecule has 6 nitrogen and oxygen atoms in total. The van der Waals surface area contributed by atoms with Crippen molar-refractivity contribution < 1.29 is 17.9 Å². The molecule has 0 aliphatic carbocycles. The monoisotopic (exact) mass is 340 g/mol. The SMILES string of the molecule is COc1ccc(S(=O)(=O)N2CCC3(CCCNC3)C2)c(OC)c1. The lowest BCUT2D eigenvalue weighted by Gasteiger charge is -2.33. The highest BCUT2D eigenvalue weighted by molar-refractivity contribution is 7.89. The van der Waals surface area contributed by atoms with Crippen LogP contribution in [0.15, 0.2) is 23.1 Å². The molecule has 0 bridgehead atoms. The summed E-state index contributed by atoms with van der Waals surface area (Å²) < 4.78 is 38.1. The maximum absolute atomic E-state index is 13.0. The first-order valence-electron chi connectivity index (χ1n) is 7.94. The Hall–Kier alpha value is -1.31. The lowest BCUT2D eigenvalue weighted by Crippen LogP contribution is -2.42. The number of ether oxygens (including phenoxy) is 2. The summed E-state index contributed by atoms with van der Waals surface area (Å²) in [6.45, 7) is 3.08. The minimum Gasteiger partial charge on any atom is -0.497 e. The molecule has 1 aromatic rings. The number of hydrogen-bond donors (Lipinski definition) is 1. The highest BCUT2D eigenvalue weighted by atomic mass is 32.2. The van der Waals surface area contributed by atoms with Crippen molar-refractivity contribution in [1.29, 1.82) is 0 Å². The molecule has 1 atom stereocenters. The predicted octanol–water partition coefficient (Wildman–Crippen LogP) is 1.47. The van der Waals surface area contributed by atoms with Gasteiger partial charge in [0.05, 0.1) is 14.2 Å². The second-order valence-corrected chi connectivity index (χ2v) is 8.29.